The van der Waals surface area contributed by atoms with Gasteiger partial charge in [-0.2, -0.15) is 0 Å². The molecular formula is C17H25N3O. The summed E-state index contributed by atoms with van der Waals surface area (Å²) < 4.78 is 2.15. The molecule has 0 fully saturated rings. The number of nitrogens with zero attached hydrogens (tertiary/aromatic N) is 2. The van der Waals surface area contributed by atoms with Gasteiger partial charge in [-0.05, 0) is 31.9 Å². The number of aliphatic hydroxyl groups is 1. The fraction of sp³-hybridized carbons (Fsp3) is 0.471. The topological polar surface area (TPSA) is 50.1 Å². The van der Waals surface area contributed by atoms with E-state index in [0.29, 0.717) is 6.54 Å². The van der Waals surface area contributed by atoms with Gasteiger partial charge in [0.25, 0.3) is 0 Å². The second-order valence-electron chi connectivity index (χ2n) is 5.47. The highest BCUT2D eigenvalue weighted by Gasteiger charge is 2.24. The van der Waals surface area contributed by atoms with E-state index >= 15 is 0 Å². The molecule has 0 aliphatic carbocycles. The van der Waals surface area contributed by atoms with Crippen LogP contribution in [0.4, 0.5) is 0 Å². The molecule has 1 heterocycles. The summed E-state index contributed by atoms with van der Waals surface area (Å²) in [5.41, 5.74) is 2.02. The van der Waals surface area contributed by atoms with E-state index in [1.54, 1.807) is 0 Å². The molecule has 0 atom stereocenters. The minimum absolute atomic E-state index is 0.151. The third kappa shape index (κ3) is 3.34. The molecule has 4 nitrogen and oxygen atoms in total. The molecule has 0 aliphatic rings. The van der Waals surface area contributed by atoms with Crippen molar-refractivity contribution in [2.24, 2.45) is 0 Å². The first-order valence-electron chi connectivity index (χ1n) is 7.60. The number of rotatable bonds is 7. The number of para-hydroxylation sites is 1. The zero-order chi connectivity index (χ0) is 15.3. The summed E-state index contributed by atoms with van der Waals surface area (Å²) in [6.45, 7) is 7.06. The Hall–Kier alpha value is -1.65. The van der Waals surface area contributed by atoms with E-state index in [2.05, 4.69) is 40.8 Å². The number of hydrogen-bond acceptors (Lipinski definition) is 3. The maximum absolute atomic E-state index is 9.66. The Morgan fingerprint density at radius 2 is 1.86 bits per heavy atom. The third-order valence-electron chi connectivity index (χ3n) is 4.33. The zero-order valence-corrected chi connectivity index (χ0v) is 13.1. The average molecular weight is 287 g/mol. The van der Waals surface area contributed by atoms with E-state index < -0.39 is 0 Å². The van der Waals surface area contributed by atoms with Crippen molar-refractivity contribution in [2.45, 2.75) is 45.7 Å². The van der Waals surface area contributed by atoms with Crippen LogP contribution < -0.4 is 5.32 Å². The van der Waals surface area contributed by atoms with E-state index in [1.165, 1.54) is 0 Å². The van der Waals surface area contributed by atoms with Crippen molar-refractivity contribution in [3.63, 3.8) is 0 Å². The van der Waals surface area contributed by atoms with Crippen LogP contribution in [0.5, 0.6) is 0 Å². The van der Waals surface area contributed by atoms with Crippen molar-refractivity contribution in [2.75, 3.05) is 6.61 Å². The SMILES string of the molecule is CCC(CC)(CO)NCc1cnc(C)n1-c1ccccc1. The van der Waals surface area contributed by atoms with Gasteiger partial charge < -0.3 is 10.4 Å². The first-order valence-corrected chi connectivity index (χ1v) is 7.60. The number of benzene rings is 1. The maximum atomic E-state index is 9.66. The molecule has 114 valence electrons. The van der Waals surface area contributed by atoms with Crippen LogP contribution >= 0.6 is 0 Å². The van der Waals surface area contributed by atoms with Gasteiger partial charge in [0.05, 0.1) is 18.5 Å². The number of aromatic nitrogens is 2. The number of imidazole rings is 1. The second kappa shape index (κ2) is 6.87. The monoisotopic (exact) mass is 287 g/mol. The molecule has 0 radical (unpaired) electrons. The van der Waals surface area contributed by atoms with Gasteiger partial charge in [-0.15, -0.1) is 0 Å². The van der Waals surface area contributed by atoms with Crippen molar-refractivity contribution in [3.8, 4) is 5.69 Å². The standard InChI is InChI=1S/C17H25N3O/c1-4-17(5-2,13-21)19-12-16-11-18-14(3)20(16)15-9-7-6-8-10-15/h6-11,19,21H,4-5,12-13H2,1-3H3. The summed E-state index contributed by atoms with van der Waals surface area (Å²) >= 11 is 0. The lowest BCUT2D eigenvalue weighted by atomic mass is 9.94. The summed E-state index contributed by atoms with van der Waals surface area (Å²) in [5, 5.41) is 13.2. The molecule has 2 rings (SSSR count). The summed E-state index contributed by atoms with van der Waals surface area (Å²) in [6, 6.07) is 10.2. The zero-order valence-electron chi connectivity index (χ0n) is 13.1. The number of hydrogen-bond donors (Lipinski definition) is 2. The molecule has 0 saturated heterocycles. The van der Waals surface area contributed by atoms with Crippen molar-refractivity contribution in [1.82, 2.24) is 14.9 Å². The molecule has 2 aromatic rings. The Kier molecular flexibility index (Phi) is 5.15. The number of aryl methyl sites for hydroxylation is 1. The van der Waals surface area contributed by atoms with Gasteiger partial charge in [-0.3, -0.25) is 4.57 Å². The number of nitrogens with one attached hydrogen (secondary N) is 1. The van der Waals surface area contributed by atoms with E-state index in [0.717, 1.165) is 30.0 Å². The van der Waals surface area contributed by atoms with Crippen molar-refractivity contribution in [3.05, 3.63) is 48.0 Å². The van der Waals surface area contributed by atoms with Crippen LogP contribution in [0.25, 0.3) is 5.69 Å². The highest BCUT2D eigenvalue weighted by Crippen LogP contribution is 2.18. The molecule has 4 heteroatoms. The molecule has 0 saturated carbocycles. The fourth-order valence-corrected chi connectivity index (χ4v) is 2.60. The predicted molar refractivity (Wildman–Crippen MR) is 85.5 cm³/mol. The quantitative estimate of drug-likeness (QED) is 0.823. The first kappa shape index (κ1) is 15.7. The van der Waals surface area contributed by atoms with Gasteiger partial charge in [0.15, 0.2) is 0 Å². The Bertz CT molecular complexity index is 550. The first-order chi connectivity index (χ1) is 10.2. The lowest BCUT2D eigenvalue weighted by Crippen LogP contribution is -2.47. The highest BCUT2D eigenvalue weighted by molar-refractivity contribution is 5.35. The van der Waals surface area contributed by atoms with Crippen LogP contribution in [0.1, 0.15) is 38.2 Å². The van der Waals surface area contributed by atoms with E-state index in [9.17, 15) is 5.11 Å². The molecule has 0 unspecified atom stereocenters. The third-order valence-corrected chi connectivity index (χ3v) is 4.33. The van der Waals surface area contributed by atoms with Crippen LogP contribution in [0.3, 0.4) is 0 Å². The summed E-state index contributed by atoms with van der Waals surface area (Å²) in [4.78, 5) is 4.43. The smallest absolute Gasteiger partial charge is 0.110 e. The predicted octanol–water partition coefficient (Wildman–Crippen LogP) is 2.82. The summed E-state index contributed by atoms with van der Waals surface area (Å²) in [7, 11) is 0. The Labute approximate surface area is 126 Å². The van der Waals surface area contributed by atoms with E-state index in [-0.39, 0.29) is 12.1 Å². The molecule has 0 aliphatic heterocycles. The largest absolute Gasteiger partial charge is 0.394 e. The molecule has 0 bridgehead atoms. The maximum Gasteiger partial charge on any atom is 0.110 e. The minimum Gasteiger partial charge on any atom is -0.394 e. The molecular weight excluding hydrogens is 262 g/mol. The molecule has 21 heavy (non-hydrogen) atoms. The van der Waals surface area contributed by atoms with Crippen LogP contribution in [-0.4, -0.2) is 26.8 Å². The fourth-order valence-electron chi connectivity index (χ4n) is 2.60. The van der Waals surface area contributed by atoms with Crippen molar-refractivity contribution >= 4 is 0 Å². The van der Waals surface area contributed by atoms with Gasteiger partial charge in [0.1, 0.15) is 5.82 Å². The number of aliphatic hydroxyl groups excluding tert-OH is 1. The molecule has 0 spiro atoms. The highest BCUT2D eigenvalue weighted by atomic mass is 16.3. The van der Waals surface area contributed by atoms with E-state index in [4.69, 9.17) is 0 Å². The molecule has 1 aromatic carbocycles. The van der Waals surface area contributed by atoms with Gasteiger partial charge in [0, 0.05) is 17.8 Å². The minimum atomic E-state index is -0.209. The Morgan fingerprint density at radius 1 is 1.19 bits per heavy atom. The van der Waals surface area contributed by atoms with Gasteiger partial charge in [0.2, 0.25) is 0 Å². The summed E-state index contributed by atoms with van der Waals surface area (Å²) in [6.07, 6.45) is 3.71. The van der Waals surface area contributed by atoms with Gasteiger partial charge in [-0.1, -0.05) is 32.0 Å². The lowest BCUT2D eigenvalue weighted by molar-refractivity contribution is 0.149. The van der Waals surface area contributed by atoms with Gasteiger partial charge in [-0.25, -0.2) is 4.98 Å². The Balaban J connectivity index is 2.23. The normalized spacial score (nSPS) is 11.8. The average Bonchev–Trinajstić information content (AvgIpc) is 2.91. The molecule has 1 aromatic heterocycles. The van der Waals surface area contributed by atoms with Crippen molar-refractivity contribution < 1.29 is 5.11 Å². The van der Waals surface area contributed by atoms with Crippen LogP contribution in [-0.2, 0) is 6.54 Å². The van der Waals surface area contributed by atoms with Gasteiger partial charge >= 0.3 is 0 Å². The van der Waals surface area contributed by atoms with E-state index in [1.807, 2.05) is 31.3 Å². The lowest BCUT2D eigenvalue weighted by Gasteiger charge is -2.31. The summed E-state index contributed by atoms with van der Waals surface area (Å²) in [5.74, 6) is 0.973. The molecule has 0 amide bonds. The van der Waals surface area contributed by atoms with Crippen LogP contribution in [0, 0.1) is 6.92 Å². The molecule has 2 N–H and O–H groups in total. The second-order valence-corrected chi connectivity index (χ2v) is 5.47. The Morgan fingerprint density at radius 3 is 2.43 bits per heavy atom. The van der Waals surface area contributed by atoms with Crippen LogP contribution in [0.2, 0.25) is 0 Å². The van der Waals surface area contributed by atoms with Crippen molar-refractivity contribution in [1.29, 1.82) is 0 Å². The van der Waals surface area contributed by atoms with Crippen LogP contribution in [0.15, 0.2) is 36.5 Å².